The molecule has 4 heteroatoms. The molecule has 1 aromatic rings. The molecule has 0 heterocycles. The first-order chi connectivity index (χ1) is 9.22. The van der Waals surface area contributed by atoms with E-state index >= 15 is 0 Å². The molecule has 0 amide bonds. The highest BCUT2D eigenvalue weighted by molar-refractivity contribution is 5.25. The molecule has 0 aliphatic heterocycles. The van der Waals surface area contributed by atoms with E-state index in [1.165, 1.54) is 6.07 Å². The van der Waals surface area contributed by atoms with Gasteiger partial charge in [0, 0.05) is 5.56 Å². The van der Waals surface area contributed by atoms with Crippen molar-refractivity contribution in [3.63, 3.8) is 0 Å². The molecule has 0 aliphatic rings. The number of hydrogen-bond acceptors (Lipinski definition) is 3. The SMILES string of the molecule is CCN(CC)CCCNC(C#N)c1ccccc1F. The fraction of sp³-hybridized carbons (Fsp3) is 0.533. The van der Waals surface area contributed by atoms with Crippen LogP contribution in [0.3, 0.4) is 0 Å². The average Bonchev–Trinajstić information content (AvgIpc) is 2.44. The molecule has 3 nitrogen and oxygen atoms in total. The Kier molecular flexibility index (Phi) is 7.09. The lowest BCUT2D eigenvalue weighted by Gasteiger charge is -2.18. The van der Waals surface area contributed by atoms with E-state index < -0.39 is 6.04 Å². The number of benzene rings is 1. The fourth-order valence-corrected chi connectivity index (χ4v) is 2.02. The van der Waals surface area contributed by atoms with Crippen molar-refractivity contribution in [3.05, 3.63) is 35.6 Å². The van der Waals surface area contributed by atoms with Crippen LogP contribution in [0.15, 0.2) is 24.3 Å². The summed E-state index contributed by atoms with van der Waals surface area (Å²) >= 11 is 0. The summed E-state index contributed by atoms with van der Waals surface area (Å²) in [6, 6.07) is 7.96. The van der Waals surface area contributed by atoms with E-state index in [-0.39, 0.29) is 5.82 Å². The largest absolute Gasteiger partial charge is 0.304 e. The second kappa shape index (κ2) is 8.63. The first-order valence-corrected chi connectivity index (χ1v) is 6.82. The Morgan fingerprint density at radius 3 is 2.58 bits per heavy atom. The summed E-state index contributed by atoms with van der Waals surface area (Å²) in [5.74, 6) is -0.328. The van der Waals surface area contributed by atoms with Crippen LogP contribution in [0.1, 0.15) is 31.9 Å². The highest BCUT2D eigenvalue weighted by Gasteiger charge is 2.13. The molecule has 19 heavy (non-hydrogen) atoms. The Morgan fingerprint density at radius 1 is 1.32 bits per heavy atom. The van der Waals surface area contributed by atoms with Crippen LogP contribution in [0, 0.1) is 17.1 Å². The van der Waals surface area contributed by atoms with E-state index in [0.717, 1.165) is 26.1 Å². The first-order valence-electron chi connectivity index (χ1n) is 6.82. The summed E-state index contributed by atoms with van der Waals surface area (Å²) in [4.78, 5) is 2.33. The highest BCUT2D eigenvalue weighted by atomic mass is 19.1. The average molecular weight is 263 g/mol. The smallest absolute Gasteiger partial charge is 0.129 e. The zero-order valence-corrected chi connectivity index (χ0v) is 11.7. The second-order valence-electron chi connectivity index (χ2n) is 4.42. The van der Waals surface area contributed by atoms with Crippen LogP contribution in [0.25, 0.3) is 0 Å². The first kappa shape index (κ1) is 15.6. The van der Waals surface area contributed by atoms with Gasteiger partial charge in [-0.15, -0.1) is 0 Å². The van der Waals surface area contributed by atoms with Crippen molar-refractivity contribution < 1.29 is 4.39 Å². The van der Waals surface area contributed by atoms with Gasteiger partial charge in [-0.3, -0.25) is 5.32 Å². The number of nitriles is 1. The van der Waals surface area contributed by atoms with Crippen LogP contribution in [0.2, 0.25) is 0 Å². The zero-order valence-electron chi connectivity index (χ0n) is 11.7. The van der Waals surface area contributed by atoms with E-state index in [2.05, 4.69) is 30.1 Å². The van der Waals surface area contributed by atoms with E-state index in [4.69, 9.17) is 5.26 Å². The molecule has 1 rings (SSSR count). The molecule has 104 valence electrons. The molecule has 0 spiro atoms. The van der Waals surface area contributed by atoms with Crippen molar-refractivity contribution in [1.29, 1.82) is 5.26 Å². The topological polar surface area (TPSA) is 39.1 Å². The minimum atomic E-state index is -0.571. The van der Waals surface area contributed by atoms with Gasteiger partial charge in [0.2, 0.25) is 0 Å². The molecule has 1 unspecified atom stereocenters. The second-order valence-corrected chi connectivity index (χ2v) is 4.42. The molecular weight excluding hydrogens is 241 g/mol. The highest BCUT2D eigenvalue weighted by Crippen LogP contribution is 2.15. The molecule has 1 atom stereocenters. The zero-order chi connectivity index (χ0) is 14.1. The molecule has 0 bridgehead atoms. The molecular formula is C15H22FN3. The van der Waals surface area contributed by atoms with Crippen LogP contribution in [0.5, 0.6) is 0 Å². The number of rotatable bonds is 8. The van der Waals surface area contributed by atoms with Crippen molar-refractivity contribution in [3.8, 4) is 6.07 Å². The van der Waals surface area contributed by atoms with Gasteiger partial charge in [0.1, 0.15) is 11.9 Å². The lowest BCUT2D eigenvalue weighted by atomic mass is 10.1. The van der Waals surface area contributed by atoms with E-state index in [1.807, 2.05) is 0 Å². The molecule has 0 aromatic heterocycles. The Balaban J connectivity index is 2.43. The minimum absolute atomic E-state index is 0.328. The molecule has 0 saturated carbocycles. The monoisotopic (exact) mass is 263 g/mol. The van der Waals surface area contributed by atoms with Gasteiger partial charge in [0.05, 0.1) is 6.07 Å². The van der Waals surface area contributed by atoms with Crippen molar-refractivity contribution in [1.82, 2.24) is 10.2 Å². The number of halogens is 1. The summed E-state index contributed by atoms with van der Waals surface area (Å²) in [6.45, 7) is 8.04. The minimum Gasteiger partial charge on any atom is -0.304 e. The maximum absolute atomic E-state index is 13.6. The van der Waals surface area contributed by atoms with Gasteiger partial charge in [0.15, 0.2) is 0 Å². The Morgan fingerprint density at radius 2 is 2.00 bits per heavy atom. The lowest BCUT2D eigenvalue weighted by molar-refractivity contribution is 0.297. The predicted molar refractivity (Wildman–Crippen MR) is 75.2 cm³/mol. The summed E-state index contributed by atoms with van der Waals surface area (Å²) in [5.41, 5.74) is 0.424. The van der Waals surface area contributed by atoms with E-state index in [1.54, 1.807) is 18.2 Å². The van der Waals surface area contributed by atoms with Gasteiger partial charge < -0.3 is 4.90 Å². The summed E-state index contributed by atoms with van der Waals surface area (Å²) in [5, 5.41) is 12.2. The summed E-state index contributed by atoms with van der Waals surface area (Å²) in [6.07, 6.45) is 0.953. The van der Waals surface area contributed by atoms with Crippen LogP contribution in [0.4, 0.5) is 4.39 Å². The summed E-state index contributed by atoms with van der Waals surface area (Å²) < 4.78 is 13.6. The van der Waals surface area contributed by atoms with Gasteiger partial charge in [-0.2, -0.15) is 5.26 Å². The third-order valence-corrected chi connectivity index (χ3v) is 3.24. The quantitative estimate of drug-likeness (QED) is 0.733. The number of nitrogens with zero attached hydrogens (tertiary/aromatic N) is 2. The molecule has 0 fully saturated rings. The Bertz CT molecular complexity index is 410. The van der Waals surface area contributed by atoms with Crippen LogP contribution in [-0.2, 0) is 0 Å². The molecule has 0 radical (unpaired) electrons. The lowest BCUT2D eigenvalue weighted by Crippen LogP contribution is -2.28. The van der Waals surface area contributed by atoms with Crippen LogP contribution >= 0.6 is 0 Å². The van der Waals surface area contributed by atoms with Gasteiger partial charge >= 0.3 is 0 Å². The maximum Gasteiger partial charge on any atom is 0.129 e. The molecule has 1 aromatic carbocycles. The standard InChI is InChI=1S/C15H22FN3/c1-3-19(4-2)11-7-10-18-15(12-17)13-8-5-6-9-14(13)16/h5-6,8-9,15,18H,3-4,7,10-11H2,1-2H3. The van der Waals surface area contributed by atoms with E-state index in [9.17, 15) is 4.39 Å². The van der Waals surface area contributed by atoms with Crippen LogP contribution < -0.4 is 5.32 Å². The third kappa shape index (κ3) is 4.98. The maximum atomic E-state index is 13.6. The van der Waals surface area contributed by atoms with Gasteiger partial charge in [0.25, 0.3) is 0 Å². The number of nitrogens with one attached hydrogen (secondary N) is 1. The van der Waals surface area contributed by atoms with Gasteiger partial charge in [-0.05, 0) is 38.7 Å². The van der Waals surface area contributed by atoms with E-state index in [0.29, 0.717) is 12.1 Å². The Hall–Kier alpha value is -1.44. The van der Waals surface area contributed by atoms with Crippen molar-refractivity contribution in [2.45, 2.75) is 26.3 Å². The predicted octanol–water partition coefficient (Wildman–Crippen LogP) is 2.71. The van der Waals surface area contributed by atoms with Crippen molar-refractivity contribution >= 4 is 0 Å². The summed E-state index contributed by atoms with van der Waals surface area (Å²) in [7, 11) is 0. The number of hydrogen-bond donors (Lipinski definition) is 1. The molecule has 0 aliphatic carbocycles. The normalized spacial score (nSPS) is 12.4. The van der Waals surface area contributed by atoms with Gasteiger partial charge in [-0.1, -0.05) is 32.0 Å². The molecule has 0 saturated heterocycles. The van der Waals surface area contributed by atoms with Crippen molar-refractivity contribution in [2.24, 2.45) is 0 Å². The van der Waals surface area contributed by atoms with Gasteiger partial charge in [-0.25, -0.2) is 4.39 Å². The fourth-order valence-electron chi connectivity index (χ4n) is 2.02. The Labute approximate surface area is 115 Å². The molecule has 1 N–H and O–H groups in total. The third-order valence-electron chi connectivity index (χ3n) is 3.24. The van der Waals surface area contributed by atoms with Crippen LogP contribution in [-0.4, -0.2) is 31.1 Å². The van der Waals surface area contributed by atoms with Crippen molar-refractivity contribution in [2.75, 3.05) is 26.2 Å².